The number of benzene rings is 2. The fourth-order valence-electron chi connectivity index (χ4n) is 2.66. The van der Waals surface area contributed by atoms with Crippen LogP contribution in [0.25, 0.3) is 0 Å². The summed E-state index contributed by atoms with van der Waals surface area (Å²) in [4.78, 5) is 26.6. The van der Waals surface area contributed by atoms with Gasteiger partial charge in [-0.1, -0.05) is 15.9 Å². The van der Waals surface area contributed by atoms with Gasteiger partial charge in [0.25, 0.3) is 0 Å². The molecule has 26 heavy (non-hydrogen) atoms. The molecule has 0 saturated heterocycles. The van der Waals surface area contributed by atoms with Gasteiger partial charge in [0.15, 0.2) is 0 Å². The zero-order valence-corrected chi connectivity index (χ0v) is 17.1. The molecule has 0 fully saturated rings. The minimum absolute atomic E-state index is 0.583. The van der Waals surface area contributed by atoms with Gasteiger partial charge in [-0.3, -0.25) is 9.59 Å². The summed E-state index contributed by atoms with van der Waals surface area (Å²) >= 11 is 3.41. The third kappa shape index (κ3) is 4.85. The van der Waals surface area contributed by atoms with E-state index in [2.05, 4.69) is 45.3 Å². The number of amides is 2. The van der Waals surface area contributed by atoms with Gasteiger partial charge in [0.2, 0.25) is 0 Å². The van der Waals surface area contributed by atoms with Gasteiger partial charge in [0, 0.05) is 34.6 Å². The van der Waals surface area contributed by atoms with Gasteiger partial charge in [-0.25, -0.2) is 0 Å². The first-order valence-electron chi connectivity index (χ1n) is 8.59. The zero-order chi connectivity index (χ0) is 19.3. The van der Waals surface area contributed by atoms with Gasteiger partial charge in [-0.15, -0.1) is 0 Å². The fourth-order valence-corrected chi connectivity index (χ4v) is 2.91. The molecular weight excluding hydrogens is 394 g/mol. The highest BCUT2D eigenvalue weighted by Crippen LogP contribution is 2.23. The number of carbonyl (C=O) groups is 2. The number of hydrogen-bond acceptors (Lipinski definition) is 3. The van der Waals surface area contributed by atoms with Crippen LogP contribution in [0.1, 0.15) is 25.0 Å². The standard InChI is InChI=1S/C20H24BrN3O2/c1-5-24(6-2)16-8-10-18(14(4)12-16)23-20(26)19(25)22-15-7-9-17(21)13(3)11-15/h7-12H,5-6H2,1-4H3,(H,22,25)(H,23,26). The lowest BCUT2D eigenvalue weighted by molar-refractivity contribution is -0.133. The molecule has 0 atom stereocenters. The SMILES string of the molecule is CCN(CC)c1ccc(NC(=O)C(=O)Nc2ccc(Br)c(C)c2)c(C)c1. The molecule has 0 unspecified atom stereocenters. The van der Waals surface area contributed by atoms with Crippen LogP contribution in [0.5, 0.6) is 0 Å². The van der Waals surface area contributed by atoms with Gasteiger partial charge in [0.05, 0.1) is 0 Å². The van der Waals surface area contributed by atoms with Crippen LogP contribution in [0.3, 0.4) is 0 Å². The Labute approximate surface area is 162 Å². The number of anilines is 3. The lowest BCUT2D eigenvalue weighted by Gasteiger charge is -2.22. The summed E-state index contributed by atoms with van der Waals surface area (Å²) < 4.78 is 0.948. The Hall–Kier alpha value is -2.34. The largest absolute Gasteiger partial charge is 0.372 e. The number of nitrogens with one attached hydrogen (secondary N) is 2. The Morgan fingerprint density at radius 3 is 2.15 bits per heavy atom. The Morgan fingerprint density at radius 2 is 1.58 bits per heavy atom. The van der Waals surface area contributed by atoms with Gasteiger partial charge in [0.1, 0.15) is 0 Å². The van der Waals surface area contributed by atoms with E-state index in [4.69, 9.17) is 0 Å². The van der Waals surface area contributed by atoms with Gasteiger partial charge >= 0.3 is 11.8 Å². The van der Waals surface area contributed by atoms with E-state index in [9.17, 15) is 9.59 Å². The van der Waals surface area contributed by atoms with Gasteiger partial charge in [-0.2, -0.15) is 0 Å². The number of aryl methyl sites for hydroxylation is 2. The summed E-state index contributed by atoms with van der Waals surface area (Å²) in [6.07, 6.45) is 0. The number of halogens is 1. The van der Waals surface area contributed by atoms with Crippen molar-refractivity contribution in [3.8, 4) is 0 Å². The van der Waals surface area contributed by atoms with Crippen molar-refractivity contribution in [1.82, 2.24) is 0 Å². The van der Waals surface area contributed by atoms with Gasteiger partial charge < -0.3 is 15.5 Å². The maximum atomic E-state index is 12.2. The number of nitrogens with zero attached hydrogens (tertiary/aromatic N) is 1. The van der Waals surface area contributed by atoms with Crippen molar-refractivity contribution < 1.29 is 9.59 Å². The Morgan fingerprint density at radius 1 is 0.923 bits per heavy atom. The lowest BCUT2D eigenvalue weighted by Crippen LogP contribution is -2.29. The van der Waals surface area contributed by atoms with Crippen LogP contribution in [0.2, 0.25) is 0 Å². The highest BCUT2D eigenvalue weighted by atomic mass is 79.9. The van der Waals surface area contributed by atoms with E-state index < -0.39 is 11.8 Å². The predicted molar refractivity (Wildman–Crippen MR) is 111 cm³/mol. The van der Waals surface area contributed by atoms with Crippen molar-refractivity contribution in [1.29, 1.82) is 0 Å². The molecule has 2 amide bonds. The van der Waals surface area contributed by atoms with E-state index in [1.54, 1.807) is 12.1 Å². The van der Waals surface area contributed by atoms with Crippen LogP contribution < -0.4 is 15.5 Å². The van der Waals surface area contributed by atoms with Crippen LogP contribution in [-0.2, 0) is 9.59 Å². The van der Waals surface area contributed by atoms with Crippen LogP contribution in [0.4, 0.5) is 17.1 Å². The number of rotatable bonds is 5. The molecule has 2 aromatic rings. The van der Waals surface area contributed by atoms with Crippen molar-refractivity contribution in [2.75, 3.05) is 28.6 Å². The first-order chi connectivity index (χ1) is 12.3. The number of carbonyl (C=O) groups excluding carboxylic acids is 2. The highest BCUT2D eigenvalue weighted by molar-refractivity contribution is 9.10. The first-order valence-corrected chi connectivity index (χ1v) is 9.39. The number of hydrogen-bond donors (Lipinski definition) is 2. The third-order valence-electron chi connectivity index (χ3n) is 4.21. The molecule has 0 radical (unpaired) electrons. The molecule has 2 N–H and O–H groups in total. The summed E-state index contributed by atoms with van der Waals surface area (Å²) in [7, 11) is 0. The summed E-state index contributed by atoms with van der Waals surface area (Å²) in [6.45, 7) is 9.86. The molecule has 0 aliphatic carbocycles. The molecule has 0 bridgehead atoms. The van der Waals surface area contributed by atoms with Crippen LogP contribution in [0.15, 0.2) is 40.9 Å². The second-order valence-corrected chi connectivity index (χ2v) is 6.90. The van der Waals surface area contributed by atoms with Crippen molar-refractivity contribution in [3.63, 3.8) is 0 Å². The summed E-state index contributed by atoms with van der Waals surface area (Å²) in [5.74, 6) is -1.39. The minimum atomic E-state index is -0.695. The highest BCUT2D eigenvalue weighted by Gasteiger charge is 2.16. The minimum Gasteiger partial charge on any atom is -0.372 e. The van der Waals surface area contributed by atoms with Crippen LogP contribution >= 0.6 is 15.9 Å². The molecule has 0 aliphatic rings. The molecule has 6 heteroatoms. The molecule has 5 nitrogen and oxygen atoms in total. The lowest BCUT2D eigenvalue weighted by atomic mass is 10.1. The maximum absolute atomic E-state index is 12.2. The molecule has 0 aromatic heterocycles. The average Bonchev–Trinajstić information content (AvgIpc) is 2.61. The molecule has 0 saturated carbocycles. The van der Waals surface area contributed by atoms with E-state index in [-0.39, 0.29) is 0 Å². The Bertz CT molecular complexity index is 817. The maximum Gasteiger partial charge on any atom is 0.314 e. The molecule has 0 spiro atoms. The summed E-state index contributed by atoms with van der Waals surface area (Å²) in [6, 6.07) is 11.2. The molecule has 0 heterocycles. The van der Waals surface area contributed by atoms with E-state index in [1.165, 1.54) is 0 Å². The molecule has 2 rings (SSSR count). The van der Waals surface area contributed by atoms with Crippen molar-refractivity contribution in [2.24, 2.45) is 0 Å². The molecule has 0 aliphatic heterocycles. The van der Waals surface area contributed by atoms with E-state index in [0.717, 1.165) is 34.4 Å². The van der Waals surface area contributed by atoms with Gasteiger partial charge in [-0.05, 0) is 75.2 Å². The predicted octanol–water partition coefficient (Wildman–Crippen LogP) is 4.49. The van der Waals surface area contributed by atoms with Crippen molar-refractivity contribution in [2.45, 2.75) is 27.7 Å². The Balaban J connectivity index is 2.06. The fraction of sp³-hybridized carbons (Fsp3) is 0.300. The van der Waals surface area contributed by atoms with Crippen molar-refractivity contribution >= 4 is 44.8 Å². The quantitative estimate of drug-likeness (QED) is 0.704. The topological polar surface area (TPSA) is 61.4 Å². The van der Waals surface area contributed by atoms with Crippen molar-refractivity contribution in [3.05, 3.63) is 52.0 Å². The van der Waals surface area contributed by atoms with E-state index in [0.29, 0.717) is 11.4 Å². The smallest absolute Gasteiger partial charge is 0.314 e. The molecular formula is C20H24BrN3O2. The van der Waals surface area contributed by atoms with Crippen LogP contribution in [0, 0.1) is 13.8 Å². The Kier molecular flexibility index (Phi) is 6.80. The monoisotopic (exact) mass is 417 g/mol. The second-order valence-electron chi connectivity index (χ2n) is 6.04. The summed E-state index contributed by atoms with van der Waals surface area (Å²) in [5.41, 5.74) is 4.20. The second kappa shape index (κ2) is 8.85. The summed E-state index contributed by atoms with van der Waals surface area (Å²) in [5, 5.41) is 5.30. The molecule has 2 aromatic carbocycles. The zero-order valence-electron chi connectivity index (χ0n) is 15.5. The normalized spacial score (nSPS) is 10.3. The van der Waals surface area contributed by atoms with E-state index >= 15 is 0 Å². The molecule has 138 valence electrons. The van der Waals surface area contributed by atoms with E-state index in [1.807, 2.05) is 38.1 Å². The third-order valence-corrected chi connectivity index (χ3v) is 5.10. The first kappa shape index (κ1) is 20.0. The van der Waals surface area contributed by atoms with Crippen LogP contribution in [-0.4, -0.2) is 24.9 Å². The average molecular weight is 418 g/mol.